The number of amides is 2. The summed E-state index contributed by atoms with van der Waals surface area (Å²) in [6, 6.07) is 3.96. The highest BCUT2D eigenvalue weighted by Gasteiger charge is 2.22. The maximum atomic E-state index is 12.1. The van der Waals surface area contributed by atoms with Gasteiger partial charge in [-0.1, -0.05) is 0 Å². The molecule has 0 bridgehead atoms. The summed E-state index contributed by atoms with van der Waals surface area (Å²) in [4.78, 5) is 25.2. The van der Waals surface area contributed by atoms with Crippen molar-refractivity contribution in [1.29, 1.82) is 0 Å². The Bertz CT molecular complexity index is 522. The van der Waals surface area contributed by atoms with Gasteiger partial charge >= 0.3 is 0 Å². The number of likely N-dealkylation sites (tertiary alicyclic amines) is 1. The minimum Gasteiger partial charge on any atom is -0.333 e. The van der Waals surface area contributed by atoms with Crippen LogP contribution in [0.5, 0.6) is 0 Å². The molecule has 6 heteroatoms. The van der Waals surface area contributed by atoms with Crippen molar-refractivity contribution >= 4 is 46.1 Å². The molecule has 5 nitrogen and oxygen atoms in total. The van der Waals surface area contributed by atoms with E-state index >= 15 is 0 Å². The Morgan fingerprint density at radius 2 is 2.00 bits per heavy atom. The van der Waals surface area contributed by atoms with Crippen molar-refractivity contribution in [2.75, 3.05) is 21.9 Å². The monoisotopic (exact) mass is 387 g/mol. The molecule has 0 saturated carbocycles. The van der Waals surface area contributed by atoms with Gasteiger partial charge in [0.05, 0.1) is 29.4 Å². The number of rotatable bonds is 4. The molecule has 0 radical (unpaired) electrons. The molecule has 0 atom stereocenters. The van der Waals surface area contributed by atoms with Crippen LogP contribution in [0.1, 0.15) is 24.0 Å². The molecule has 2 N–H and O–H groups in total. The number of nitrogens with one attached hydrogen (secondary N) is 2. The lowest BCUT2D eigenvalue weighted by Crippen LogP contribution is -2.34. The third-order valence-corrected chi connectivity index (χ3v) is 4.03. The Kier molecular flexibility index (Phi) is 4.85. The van der Waals surface area contributed by atoms with Crippen LogP contribution in [-0.4, -0.2) is 29.8 Å². The third-order valence-electron chi connectivity index (χ3n) is 3.41. The van der Waals surface area contributed by atoms with E-state index in [1.54, 1.807) is 4.90 Å². The first kappa shape index (κ1) is 15.1. The molecule has 2 rings (SSSR count). The molecular formula is C14H18IN3O2. The number of carbonyl (C=O) groups is 2. The molecule has 1 heterocycles. The van der Waals surface area contributed by atoms with Gasteiger partial charge in [0, 0.05) is 24.3 Å². The van der Waals surface area contributed by atoms with Crippen LogP contribution in [0.4, 0.5) is 11.4 Å². The molecule has 1 aliphatic heterocycles. The molecule has 1 aliphatic rings. The van der Waals surface area contributed by atoms with Crippen molar-refractivity contribution in [1.82, 2.24) is 4.90 Å². The number of nitrogens with zero attached hydrogens (tertiary/aromatic N) is 1. The highest BCUT2D eigenvalue weighted by Crippen LogP contribution is 2.25. The van der Waals surface area contributed by atoms with Crippen molar-refractivity contribution in [2.24, 2.45) is 0 Å². The highest BCUT2D eigenvalue weighted by atomic mass is 127. The van der Waals surface area contributed by atoms with Crippen LogP contribution in [0.3, 0.4) is 0 Å². The van der Waals surface area contributed by atoms with Gasteiger partial charge in [-0.15, -0.1) is 0 Å². The summed E-state index contributed by atoms with van der Waals surface area (Å²) in [6.07, 6.45) is 1.40. The second-order valence-corrected chi connectivity index (χ2v) is 5.59. The second kappa shape index (κ2) is 6.43. The molecule has 0 unspecified atom stereocenters. The van der Waals surface area contributed by atoms with Gasteiger partial charge in [-0.3, -0.25) is 9.59 Å². The summed E-state index contributed by atoms with van der Waals surface area (Å²) in [5, 5.41) is 2.91. The number of halogens is 1. The zero-order valence-corrected chi connectivity index (χ0v) is 13.8. The van der Waals surface area contributed by atoms with E-state index in [1.165, 1.54) is 0 Å². The zero-order chi connectivity index (χ0) is 14.7. The number of benzene rings is 1. The summed E-state index contributed by atoms with van der Waals surface area (Å²) < 4.78 is 3.06. The summed E-state index contributed by atoms with van der Waals surface area (Å²) >= 11 is 2.08. The second-order valence-electron chi connectivity index (χ2n) is 5.05. The molecule has 1 saturated heterocycles. The van der Waals surface area contributed by atoms with Gasteiger partial charge < -0.3 is 13.7 Å². The van der Waals surface area contributed by atoms with Crippen molar-refractivity contribution in [3.63, 3.8) is 0 Å². The first-order valence-corrected chi connectivity index (χ1v) is 7.64. The van der Waals surface area contributed by atoms with E-state index in [-0.39, 0.29) is 18.4 Å². The summed E-state index contributed by atoms with van der Waals surface area (Å²) in [5.74, 6) is -0.0697. The first-order chi connectivity index (χ1) is 9.51. The topological polar surface area (TPSA) is 61.4 Å². The fraction of sp³-hybridized carbons (Fsp3) is 0.429. The largest absolute Gasteiger partial charge is 0.333 e. The number of anilines is 2. The van der Waals surface area contributed by atoms with Gasteiger partial charge in [-0.25, -0.2) is 0 Å². The van der Waals surface area contributed by atoms with Crippen molar-refractivity contribution < 1.29 is 9.59 Å². The Morgan fingerprint density at radius 1 is 1.35 bits per heavy atom. The minimum atomic E-state index is -0.137. The Morgan fingerprint density at radius 3 is 2.50 bits per heavy atom. The Balaban J connectivity index is 2.06. The van der Waals surface area contributed by atoms with Gasteiger partial charge in [0.1, 0.15) is 0 Å². The van der Waals surface area contributed by atoms with Gasteiger partial charge in [-0.05, 0) is 43.5 Å². The molecular weight excluding hydrogens is 369 g/mol. The van der Waals surface area contributed by atoms with E-state index in [0.29, 0.717) is 13.0 Å². The Labute approximate surface area is 132 Å². The number of aryl methyl sites for hydroxylation is 2. The van der Waals surface area contributed by atoms with Crippen LogP contribution < -0.4 is 8.85 Å². The van der Waals surface area contributed by atoms with Gasteiger partial charge in [0.15, 0.2) is 0 Å². The van der Waals surface area contributed by atoms with Crippen LogP contribution in [0.2, 0.25) is 0 Å². The van der Waals surface area contributed by atoms with Crippen molar-refractivity contribution in [3.05, 3.63) is 23.3 Å². The fourth-order valence-corrected chi connectivity index (χ4v) is 2.75. The molecule has 108 valence electrons. The van der Waals surface area contributed by atoms with E-state index in [9.17, 15) is 9.59 Å². The molecule has 1 fully saturated rings. The molecule has 0 aromatic heterocycles. The van der Waals surface area contributed by atoms with E-state index in [4.69, 9.17) is 0 Å². The number of hydrogen-bond donors (Lipinski definition) is 2. The van der Waals surface area contributed by atoms with Crippen LogP contribution in [-0.2, 0) is 9.59 Å². The maximum Gasteiger partial charge on any atom is 0.244 e. The lowest BCUT2D eigenvalue weighted by atomic mass is 10.1. The number of carbonyl (C=O) groups excluding carboxylic acids is 2. The normalized spacial score (nSPS) is 14.6. The lowest BCUT2D eigenvalue weighted by molar-refractivity contribution is -0.131. The van der Waals surface area contributed by atoms with Crippen LogP contribution in [0.15, 0.2) is 12.1 Å². The summed E-state index contributed by atoms with van der Waals surface area (Å²) in [5.41, 5.74) is 3.85. The molecule has 1 aromatic rings. The average molecular weight is 387 g/mol. The Hall–Kier alpha value is -1.31. The van der Waals surface area contributed by atoms with E-state index in [1.807, 2.05) is 26.0 Å². The van der Waals surface area contributed by atoms with Crippen molar-refractivity contribution in [2.45, 2.75) is 26.7 Å². The van der Waals surface area contributed by atoms with Gasteiger partial charge in [-0.2, -0.15) is 0 Å². The van der Waals surface area contributed by atoms with E-state index in [0.717, 1.165) is 28.9 Å². The molecule has 0 aliphatic carbocycles. The summed E-state index contributed by atoms with van der Waals surface area (Å²) in [6.45, 7) is 4.74. The van der Waals surface area contributed by atoms with Crippen molar-refractivity contribution in [3.8, 4) is 0 Å². The van der Waals surface area contributed by atoms with E-state index in [2.05, 4.69) is 31.7 Å². The zero-order valence-electron chi connectivity index (χ0n) is 11.6. The standard InChI is InChI=1S/C14H18IN3O2/c1-9-6-11(17-15)7-10(2)14(9)16-12(19)8-18-5-3-4-13(18)20/h6-7,17H,3-5,8H2,1-2H3,(H,16,19). The van der Waals surface area contributed by atoms with E-state index < -0.39 is 0 Å². The molecule has 0 spiro atoms. The molecule has 1 aromatic carbocycles. The first-order valence-electron chi connectivity index (χ1n) is 6.57. The molecule has 20 heavy (non-hydrogen) atoms. The highest BCUT2D eigenvalue weighted by molar-refractivity contribution is 14.1. The number of hydrogen-bond acceptors (Lipinski definition) is 3. The fourth-order valence-electron chi connectivity index (χ4n) is 2.44. The lowest BCUT2D eigenvalue weighted by Gasteiger charge is -2.17. The van der Waals surface area contributed by atoms with Crippen LogP contribution >= 0.6 is 22.9 Å². The van der Waals surface area contributed by atoms with Crippen LogP contribution in [0.25, 0.3) is 0 Å². The predicted molar refractivity (Wildman–Crippen MR) is 88.0 cm³/mol. The smallest absolute Gasteiger partial charge is 0.244 e. The van der Waals surface area contributed by atoms with Gasteiger partial charge in [0.2, 0.25) is 11.8 Å². The SMILES string of the molecule is Cc1cc(NI)cc(C)c1NC(=O)CN1CCCC1=O. The quantitative estimate of drug-likeness (QED) is 0.617. The predicted octanol–water partition coefficient (Wildman–Crippen LogP) is 2.63. The summed E-state index contributed by atoms with van der Waals surface area (Å²) in [7, 11) is 0. The third kappa shape index (κ3) is 3.41. The van der Waals surface area contributed by atoms with Crippen LogP contribution in [0, 0.1) is 13.8 Å². The minimum absolute atomic E-state index is 0.0676. The average Bonchev–Trinajstić information content (AvgIpc) is 2.79. The maximum absolute atomic E-state index is 12.1. The molecule has 2 amide bonds. The van der Waals surface area contributed by atoms with Gasteiger partial charge in [0.25, 0.3) is 0 Å².